The summed E-state index contributed by atoms with van der Waals surface area (Å²) in [6.07, 6.45) is 0.984. The molecule has 8 heteroatoms. The van der Waals surface area contributed by atoms with Crippen molar-refractivity contribution >= 4 is 39.1 Å². The first-order chi connectivity index (χ1) is 13.3. The van der Waals surface area contributed by atoms with Gasteiger partial charge in [0.15, 0.2) is 0 Å². The summed E-state index contributed by atoms with van der Waals surface area (Å²) in [4.78, 5) is 12.9. The summed E-state index contributed by atoms with van der Waals surface area (Å²) in [5, 5.41) is 3.90. The smallest absolute Gasteiger partial charge is 0.243 e. The van der Waals surface area contributed by atoms with Crippen LogP contribution in [0.1, 0.15) is 31.4 Å². The minimum atomic E-state index is -3.51. The fourth-order valence-corrected chi connectivity index (χ4v) is 5.09. The van der Waals surface area contributed by atoms with Gasteiger partial charge in [-0.2, -0.15) is 4.31 Å². The van der Waals surface area contributed by atoms with Crippen LogP contribution in [0.4, 0.5) is 0 Å². The number of amides is 1. The Hall–Kier alpha value is -1.60. The molecule has 2 aromatic carbocycles. The van der Waals surface area contributed by atoms with Crippen molar-refractivity contribution in [1.29, 1.82) is 0 Å². The zero-order valence-corrected chi connectivity index (χ0v) is 17.8. The minimum absolute atomic E-state index is 0.0738. The highest BCUT2D eigenvalue weighted by Crippen LogP contribution is 2.27. The van der Waals surface area contributed by atoms with Crippen molar-refractivity contribution < 1.29 is 13.2 Å². The second-order valence-electron chi connectivity index (χ2n) is 6.90. The van der Waals surface area contributed by atoms with Crippen LogP contribution in [0, 0.1) is 5.92 Å². The lowest BCUT2D eigenvalue weighted by Crippen LogP contribution is -2.43. The van der Waals surface area contributed by atoms with Crippen LogP contribution >= 0.6 is 23.2 Å². The number of halogens is 2. The second kappa shape index (κ2) is 8.82. The third-order valence-corrected chi connectivity index (χ3v) is 7.66. The number of rotatable bonds is 5. The lowest BCUT2D eigenvalue weighted by atomic mass is 9.96. The van der Waals surface area contributed by atoms with Crippen molar-refractivity contribution in [3.05, 3.63) is 64.1 Å². The maximum atomic E-state index is 12.7. The van der Waals surface area contributed by atoms with E-state index in [0.717, 1.165) is 5.56 Å². The van der Waals surface area contributed by atoms with E-state index >= 15 is 0 Å². The Morgan fingerprint density at radius 1 is 1.07 bits per heavy atom. The highest BCUT2D eigenvalue weighted by molar-refractivity contribution is 7.89. The summed E-state index contributed by atoms with van der Waals surface area (Å²) in [6.45, 7) is 2.54. The van der Waals surface area contributed by atoms with Crippen molar-refractivity contribution in [3.63, 3.8) is 0 Å². The summed E-state index contributed by atoms with van der Waals surface area (Å²) in [6, 6.07) is 13.4. The number of carbonyl (C=O) groups excluding carboxylic acids is 1. The molecule has 28 heavy (non-hydrogen) atoms. The molecule has 0 radical (unpaired) electrons. The number of sulfonamides is 1. The fraction of sp³-hybridized carbons (Fsp3) is 0.350. The number of piperidine rings is 1. The normalized spacial score (nSPS) is 17.2. The van der Waals surface area contributed by atoms with Crippen LogP contribution in [0.5, 0.6) is 0 Å². The molecule has 0 aliphatic carbocycles. The van der Waals surface area contributed by atoms with Gasteiger partial charge >= 0.3 is 0 Å². The molecule has 0 bridgehead atoms. The first-order valence-electron chi connectivity index (χ1n) is 9.09. The Morgan fingerprint density at radius 2 is 1.71 bits per heavy atom. The van der Waals surface area contributed by atoms with Gasteiger partial charge in [-0.05, 0) is 49.6 Å². The van der Waals surface area contributed by atoms with Gasteiger partial charge in [0.1, 0.15) is 0 Å². The minimum Gasteiger partial charge on any atom is -0.349 e. The van der Waals surface area contributed by atoms with E-state index in [-0.39, 0.29) is 22.8 Å². The van der Waals surface area contributed by atoms with Crippen molar-refractivity contribution in [2.24, 2.45) is 5.92 Å². The Morgan fingerprint density at radius 3 is 2.32 bits per heavy atom. The van der Waals surface area contributed by atoms with Crippen LogP contribution in [-0.2, 0) is 14.8 Å². The van der Waals surface area contributed by atoms with Gasteiger partial charge in [-0.1, -0.05) is 47.5 Å². The monoisotopic (exact) mass is 440 g/mol. The van der Waals surface area contributed by atoms with Crippen molar-refractivity contribution in [3.8, 4) is 0 Å². The van der Waals surface area contributed by atoms with Gasteiger partial charge in [0.25, 0.3) is 0 Å². The van der Waals surface area contributed by atoms with Gasteiger partial charge in [-0.15, -0.1) is 0 Å². The van der Waals surface area contributed by atoms with E-state index < -0.39 is 10.0 Å². The predicted molar refractivity (Wildman–Crippen MR) is 111 cm³/mol. The molecule has 1 heterocycles. The third kappa shape index (κ3) is 4.69. The van der Waals surface area contributed by atoms with Gasteiger partial charge in [0.2, 0.25) is 15.9 Å². The average molecular weight is 441 g/mol. The van der Waals surface area contributed by atoms with E-state index in [4.69, 9.17) is 23.2 Å². The first-order valence-corrected chi connectivity index (χ1v) is 11.3. The Labute approximate surface area is 175 Å². The van der Waals surface area contributed by atoms with Crippen molar-refractivity contribution in [1.82, 2.24) is 9.62 Å². The first kappa shape index (κ1) is 21.1. The van der Waals surface area contributed by atoms with Gasteiger partial charge in [0.05, 0.1) is 21.0 Å². The molecular weight excluding hydrogens is 419 g/mol. The number of carbonyl (C=O) groups is 1. The maximum absolute atomic E-state index is 12.7. The highest BCUT2D eigenvalue weighted by atomic mass is 35.5. The van der Waals surface area contributed by atoms with Crippen LogP contribution in [0.2, 0.25) is 10.0 Å². The average Bonchev–Trinajstić information content (AvgIpc) is 2.70. The summed E-state index contributed by atoms with van der Waals surface area (Å²) in [5.41, 5.74) is 0.867. The summed E-state index contributed by atoms with van der Waals surface area (Å²) in [7, 11) is -3.51. The Kier molecular flexibility index (Phi) is 6.65. The molecule has 1 unspecified atom stereocenters. The van der Waals surface area contributed by atoms with Gasteiger partial charge in [-0.3, -0.25) is 4.79 Å². The molecule has 150 valence electrons. The molecule has 2 aromatic rings. The van der Waals surface area contributed by atoms with E-state index in [1.807, 2.05) is 13.0 Å². The SMILES string of the molecule is CC(NC(=O)C1CCN(S(=O)(=O)c2ccccc2)CC1)c1ccc(Cl)c(Cl)c1. The van der Waals surface area contributed by atoms with Crippen LogP contribution in [-0.4, -0.2) is 31.7 Å². The van der Waals surface area contributed by atoms with E-state index in [1.165, 1.54) is 4.31 Å². The molecule has 1 amide bonds. The molecule has 0 aromatic heterocycles. The number of hydrogen-bond donors (Lipinski definition) is 1. The topological polar surface area (TPSA) is 66.5 Å². The largest absolute Gasteiger partial charge is 0.349 e. The standard InChI is InChI=1S/C20H22Cl2N2O3S/c1-14(16-7-8-18(21)19(22)13-16)23-20(25)15-9-11-24(12-10-15)28(26,27)17-5-3-2-4-6-17/h2-8,13-15H,9-12H2,1H3,(H,23,25). The van der Waals surface area contributed by atoms with E-state index in [1.54, 1.807) is 42.5 Å². The highest BCUT2D eigenvalue weighted by Gasteiger charge is 2.32. The molecule has 0 saturated carbocycles. The summed E-state index contributed by atoms with van der Waals surface area (Å²) < 4.78 is 26.8. The number of hydrogen-bond acceptors (Lipinski definition) is 3. The zero-order valence-electron chi connectivity index (χ0n) is 15.4. The quantitative estimate of drug-likeness (QED) is 0.754. The molecule has 1 atom stereocenters. The van der Waals surface area contributed by atoms with Gasteiger partial charge in [-0.25, -0.2) is 8.42 Å². The van der Waals surface area contributed by atoms with Crippen LogP contribution in [0.3, 0.4) is 0 Å². The molecule has 5 nitrogen and oxygen atoms in total. The molecule has 0 spiro atoms. The van der Waals surface area contributed by atoms with Gasteiger partial charge in [0, 0.05) is 19.0 Å². The van der Waals surface area contributed by atoms with Crippen LogP contribution in [0.25, 0.3) is 0 Å². The zero-order chi connectivity index (χ0) is 20.3. The fourth-order valence-electron chi connectivity index (χ4n) is 3.30. The van der Waals surface area contributed by atoms with E-state index in [9.17, 15) is 13.2 Å². The third-order valence-electron chi connectivity index (χ3n) is 5.01. The van der Waals surface area contributed by atoms with Crippen molar-refractivity contribution in [2.75, 3.05) is 13.1 Å². The molecule has 1 aliphatic heterocycles. The predicted octanol–water partition coefficient (Wildman–Crippen LogP) is 4.27. The lowest BCUT2D eigenvalue weighted by Gasteiger charge is -2.31. The second-order valence-corrected chi connectivity index (χ2v) is 9.65. The summed E-state index contributed by atoms with van der Waals surface area (Å²) >= 11 is 12.0. The molecule has 1 saturated heterocycles. The molecule has 3 rings (SSSR count). The number of nitrogens with one attached hydrogen (secondary N) is 1. The number of benzene rings is 2. The van der Waals surface area contributed by atoms with Crippen LogP contribution in [0.15, 0.2) is 53.4 Å². The maximum Gasteiger partial charge on any atom is 0.243 e. The molecular formula is C20H22Cl2N2O3S. The van der Waals surface area contributed by atoms with E-state index in [0.29, 0.717) is 36.0 Å². The van der Waals surface area contributed by atoms with Crippen molar-refractivity contribution in [2.45, 2.75) is 30.7 Å². The lowest BCUT2D eigenvalue weighted by molar-refractivity contribution is -0.126. The molecule has 1 N–H and O–H groups in total. The molecule has 1 fully saturated rings. The van der Waals surface area contributed by atoms with Crippen LogP contribution < -0.4 is 5.32 Å². The summed E-state index contributed by atoms with van der Waals surface area (Å²) in [5.74, 6) is -0.289. The number of nitrogens with zero attached hydrogens (tertiary/aromatic N) is 1. The Balaban J connectivity index is 1.58. The van der Waals surface area contributed by atoms with Gasteiger partial charge < -0.3 is 5.32 Å². The molecule has 1 aliphatic rings. The Bertz CT molecular complexity index is 943. The van der Waals surface area contributed by atoms with E-state index in [2.05, 4.69) is 5.32 Å².